The summed E-state index contributed by atoms with van der Waals surface area (Å²) in [5.41, 5.74) is 0. The zero-order valence-electron chi connectivity index (χ0n) is 12.1. The SMILES string of the molecule is CCCCC(CN[C@H](CO)CC(C)C)C(=O)O.Cl.Cl. The third kappa shape index (κ3) is 12.7. The number of unbranched alkanes of at least 4 members (excludes halogenated alkanes) is 1. The molecule has 0 aromatic rings. The summed E-state index contributed by atoms with van der Waals surface area (Å²) in [6.45, 7) is 6.76. The molecule has 3 N–H and O–H groups in total. The highest BCUT2D eigenvalue weighted by Gasteiger charge is 2.18. The minimum atomic E-state index is -0.743. The lowest BCUT2D eigenvalue weighted by atomic mass is 10.00. The van der Waals surface area contributed by atoms with Gasteiger partial charge in [0.25, 0.3) is 0 Å². The molecule has 0 fully saturated rings. The maximum absolute atomic E-state index is 11.0. The van der Waals surface area contributed by atoms with E-state index in [4.69, 9.17) is 5.11 Å². The van der Waals surface area contributed by atoms with Gasteiger partial charge in [-0.15, -0.1) is 24.8 Å². The Labute approximate surface area is 129 Å². The molecule has 0 spiro atoms. The molecule has 0 saturated heterocycles. The van der Waals surface area contributed by atoms with E-state index in [2.05, 4.69) is 26.1 Å². The fourth-order valence-corrected chi connectivity index (χ4v) is 1.86. The number of halogens is 2. The third-order valence-electron chi connectivity index (χ3n) is 2.88. The second-order valence-electron chi connectivity index (χ2n) is 5.09. The molecule has 0 aliphatic rings. The van der Waals surface area contributed by atoms with Crippen molar-refractivity contribution in [2.24, 2.45) is 11.8 Å². The first-order chi connectivity index (χ1) is 8.01. The number of carboxylic acids is 1. The van der Waals surface area contributed by atoms with Gasteiger partial charge in [0.15, 0.2) is 0 Å². The van der Waals surface area contributed by atoms with Crippen molar-refractivity contribution in [2.45, 2.75) is 52.5 Å². The molecule has 0 aliphatic heterocycles. The second-order valence-corrected chi connectivity index (χ2v) is 5.09. The number of rotatable bonds is 10. The van der Waals surface area contributed by atoms with Crippen LogP contribution < -0.4 is 5.32 Å². The first kappa shape index (κ1) is 24.0. The van der Waals surface area contributed by atoms with Crippen LogP contribution >= 0.6 is 24.8 Å². The van der Waals surface area contributed by atoms with Gasteiger partial charge >= 0.3 is 5.97 Å². The molecule has 0 saturated carbocycles. The van der Waals surface area contributed by atoms with Gasteiger partial charge in [0.2, 0.25) is 0 Å². The molecule has 0 aliphatic carbocycles. The maximum Gasteiger partial charge on any atom is 0.307 e. The number of carbonyl (C=O) groups is 1. The Balaban J connectivity index is -0.00000128. The highest BCUT2D eigenvalue weighted by atomic mass is 35.5. The normalized spacial score (nSPS) is 13.3. The Morgan fingerprint density at radius 1 is 1.26 bits per heavy atom. The van der Waals surface area contributed by atoms with Crippen molar-refractivity contribution >= 4 is 30.8 Å². The van der Waals surface area contributed by atoms with Crippen LogP contribution in [0.5, 0.6) is 0 Å². The van der Waals surface area contributed by atoms with E-state index in [1.54, 1.807) is 0 Å². The van der Waals surface area contributed by atoms with Crippen molar-refractivity contribution in [2.75, 3.05) is 13.2 Å². The van der Waals surface area contributed by atoms with E-state index in [0.29, 0.717) is 18.9 Å². The molecule has 0 heterocycles. The predicted molar refractivity (Wildman–Crippen MR) is 83.5 cm³/mol. The van der Waals surface area contributed by atoms with E-state index in [1.807, 2.05) is 0 Å². The Morgan fingerprint density at radius 3 is 2.21 bits per heavy atom. The number of aliphatic hydroxyl groups is 1. The number of hydrogen-bond acceptors (Lipinski definition) is 3. The molecular weight excluding hydrogens is 289 g/mol. The summed E-state index contributed by atoms with van der Waals surface area (Å²) in [7, 11) is 0. The summed E-state index contributed by atoms with van der Waals surface area (Å²) in [4.78, 5) is 11.0. The van der Waals surface area contributed by atoms with Crippen LogP contribution in [0.25, 0.3) is 0 Å². The van der Waals surface area contributed by atoms with Crippen molar-refractivity contribution < 1.29 is 15.0 Å². The van der Waals surface area contributed by atoms with Crippen molar-refractivity contribution in [3.8, 4) is 0 Å². The van der Waals surface area contributed by atoms with Gasteiger partial charge in [-0.05, 0) is 18.8 Å². The van der Waals surface area contributed by atoms with E-state index in [1.165, 1.54) is 0 Å². The molecule has 118 valence electrons. The van der Waals surface area contributed by atoms with Crippen LogP contribution in [0.15, 0.2) is 0 Å². The smallest absolute Gasteiger partial charge is 0.307 e. The van der Waals surface area contributed by atoms with Crippen LogP contribution in [-0.2, 0) is 4.79 Å². The maximum atomic E-state index is 11.0. The number of hydrogen-bond donors (Lipinski definition) is 3. The highest BCUT2D eigenvalue weighted by molar-refractivity contribution is 5.85. The summed E-state index contributed by atoms with van der Waals surface area (Å²) < 4.78 is 0. The van der Waals surface area contributed by atoms with Crippen molar-refractivity contribution in [3.63, 3.8) is 0 Å². The fraction of sp³-hybridized carbons (Fsp3) is 0.923. The van der Waals surface area contributed by atoms with Gasteiger partial charge in [-0.1, -0.05) is 33.6 Å². The monoisotopic (exact) mass is 317 g/mol. The van der Waals surface area contributed by atoms with Crippen LogP contribution in [0, 0.1) is 11.8 Å². The van der Waals surface area contributed by atoms with E-state index in [-0.39, 0.29) is 43.4 Å². The van der Waals surface area contributed by atoms with E-state index in [9.17, 15) is 9.90 Å². The largest absolute Gasteiger partial charge is 0.481 e. The molecule has 0 aromatic heterocycles. The van der Waals surface area contributed by atoms with E-state index in [0.717, 1.165) is 19.3 Å². The molecule has 0 radical (unpaired) electrons. The van der Waals surface area contributed by atoms with Crippen molar-refractivity contribution in [1.29, 1.82) is 0 Å². The Bertz CT molecular complexity index is 216. The lowest BCUT2D eigenvalue weighted by Crippen LogP contribution is -2.39. The van der Waals surface area contributed by atoms with Crippen LogP contribution in [0.3, 0.4) is 0 Å². The summed E-state index contributed by atoms with van der Waals surface area (Å²) in [6.07, 6.45) is 3.53. The molecule has 0 aromatic carbocycles. The van der Waals surface area contributed by atoms with Crippen molar-refractivity contribution in [3.05, 3.63) is 0 Å². The minimum absolute atomic E-state index is 0. The van der Waals surface area contributed by atoms with Gasteiger partial charge in [0, 0.05) is 12.6 Å². The van der Waals surface area contributed by atoms with Gasteiger partial charge in [-0.2, -0.15) is 0 Å². The van der Waals surface area contributed by atoms with Crippen LogP contribution in [0.4, 0.5) is 0 Å². The van der Waals surface area contributed by atoms with Crippen LogP contribution in [0.2, 0.25) is 0 Å². The summed E-state index contributed by atoms with van der Waals surface area (Å²) in [5, 5.41) is 21.4. The number of nitrogens with one attached hydrogen (secondary N) is 1. The van der Waals surface area contributed by atoms with Crippen LogP contribution in [-0.4, -0.2) is 35.4 Å². The van der Waals surface area contributed by atoms with Gasteiger partial charge < -0.3 is 15.5 Å². The molecule has 0 bridgehead atoms. The molecule has 0 amide bonds. The Morgan fingerprint density at radius 2 is 1.84 bits per heavy atom. The predicted octanol–water partition coefficient (Wildman–Crippen LogP) is 2.72. The molecule has 4 nitrogen and oxygen atoms in total. The lowest BCUT2D eigenvalue weighted by molar-refractivity contribution is -0.141. The summed E-state index contributed by atoms with van der Waals surface area (Å²) in [6, 6.07) is 0.0125. The molecule has 6 heteroatoms. The van der Waals surface area contributed by atoms with E-state index >= 15 is 0 Å². The molecule has 2 atom stereocenters. The Hall–Kier alpha value is -0.0300. The average molecular weight is 318 g/mol. The Kier molecular flexibility index (Phi) is 18.2. The standard InChI is InChI=1S/C13H27NO3.2ClH/c1-4-5-6-11(13(16)17)8-14-12(9-15)7-10(2)3;;/h10-12,14-15H,4-9H2,1-3H3,(H,16,17);2*1H/t11?,12-;;/m0../s1. The topological polar surface area (TPSA) is 69.6 Å². The third-order valence-corrected chi connectivity index (χ3v) is 2.88. The molecule has 19 heavy (non-hydrogen) atoms. The average Bonchev–Trinajstić information content (AvgIpc) is 2.26. The van der Waals surface area contributed by atoms with Gasteiger partial charge in [0.05, 0.1) is 12.5 Å². The fourth-order valence-electron chi connectivity index (χ4n) is 1.86. The number of aliphatic hydroxyl groups excluding tert-OH is 1. The second kappa shape index (κ2) is 14.4. The molecule has 0 rings (SSSR count). The first-order valence-electron chi connectivity index (χ1n) is 6.58. The number of aliphatic carboxylic acids is 1. The number of carboxylic acid groups (broad SMARTS) is 1. The van der Waals surface area contributed by atoms with Gasteiger partial charge in [-0.25, -0.2) is 0 Å². The minimum Gasteiger partial charge on any atom is -0.481 e. The molecule has 1 unspecified atom stereocenters. The summed E-state index contributed by atoms with van der Waals surface area (Å²) in [5.74, 6) is -0.582. The van der Waals surface area contributed by atoms with Crippen molar-refractivity contribution in [1.82, 2.24) is 5.32 Å². The lowest BCUT2D eigenvalue weighted by Gasteiger charge is -2.21. The first-order valence-corrected chi connectivity index (χ1v) is 6.58. The van der Waals surface area contributed by atoms with Gasteiger partial charge in [-0.3, -0.25) is 4.79 Å². The zero-order chi connectivity index (χ0) is 13.3. The van der Waals surface area contributed by atoms with Gasteiger partial charge in [0.1, 0.15) is 0 Å². The van der Waals surface area contributed by atoms with Crippen LogP contribution in [0.1, 0.15) is 46.5 Å². The molecular formula is C13H29Cl2NO3. The summed E-state index contributed by atoms with van der Waals surface area (Å²) >= 11 is 0. The zero-order valence-corrected chi connectivity index (χ0v) is 13.7. The quantitative estimate of drug-likeness (QED) is 0.579. The van der Waals surface area contributed by atoms with E-state index < -0.39 is 5.97 Å². The highest BCUT2D eigenvalue weighted by Crippen LogP contribution is 2.10.